The third-order valence-electron chi connectivity index (χ3n) is 2.91. The Labute approximate surface area is 111 Å². The van der Waals surface area contributed by atoms with Crippen molar-refractivity contribution in [1.29, 1.82) is 0 Å². The number of hydrogen-bond donors (Lipinski definition) is 1. The van der Waals surface area contributed by atoms with Gasteiger partial charge in [0.1, 0.15) is 0 Å². The van der Waals surface area contributed by atoms with Crippen molar-refractivity contribution in [3.63, 3.8) is 0 Å². The molecule has 1 aromatic carbocycles. The first-order valence-corrected chi connectivity index (χ1v) is 6.45. The summed E-state index contributed by atoms with van der Waals surface area (Å²) in [6.07, 6.45) is 0.0602. The Kier molecular flexibility index (Phi) is 4.65. The van der Waals surface area contributed by atoms with Crippen molar-refractivity contribution in [1.82, 2.24) is 4.90 Å². The Morgan fingerprint density at radius 3 is 2.88 bits per heavy atom. The third kappa shape index (κ3) is 3.33. The van der Waals surface area contributed by atoms with E-state index in [-0.39, 0.29) is 6.10 Å². The SMILES string of the molecule is NCCN1CCOC(c2ccc(Cl)c(Cl)c2)C1. The molecule has 1 saturated heterocycles. The van der Waals surface area contributed by atoms with Gasteiger partial charge in [0.05, 0.1) is 22.8 Å². The van der Waals surface area contributed by atoms with Crippen LogP contribution in [0.25, 0.3) is 0 Å². The van der Waals surface area contributed by atoms with E-state index in [1.807, 2.05) is 18.2 Å². The van der Waals surface area contributed by atoms with Crippen LogP contribution in [0.3, 0.4) is 0 Å². The molecule has 1 fully saturated rings. The summed E-state index contributed by atoms with van der Waals surface area (Å²) in [5, 5.41) is 1.15. The molecule has 1 aromatic rings. The number of ether oxygens (including phenoxy) is 1. The molecule has 17 heavy (non-hydrogen) atoms. The van der Waals surface area contributed by atoms with E-state index in [0.29, 0.717) is 16.6 Å². The first kappa shape index (κ1) is 13.1. The standard InChI is InChI=1S/C12H16Cl2N2O/c13-10-2-1-9(7-11(10)14)12-8-16(4-3-15)5-6-17-12/h1-2,7,12H,3-6,8,15H2. The van der Waals surface area contributed by atoms with Gasteiger partial charge in [-0.3, -0.25) is 4.90 Å². The second-order valence-corrected chi connectivity index (χ2v) is 4.94. The molecule has 94 valence electrons. The smallest absolute Gasteiger partial charge is 0.0952 e. The van der Waals surface area contributed by atoms with Gasteiger partial charge in [-0.1, -0.05) is 29.3 Å². The second kappa shape index (κ2) is 6.03. The predicted molar refractivity (Wildman–Crippen MR) is 70.6 cm³/mol. The minimum atomic E-state index is 0.0602. The molecule has 0 saturated carbocycles. The Morgan fingerprint density at radius 1 is 1.35 bits per heavy atom. The largest absolute Gasteiger partial charge is 0.371 e. The number of rotatable bonds is 3. The maximum atomic E-state index is 6.01. The quantitative estimate of drug-likeness (QED) is 0.920. The summed E-state index contributed by atoms with van der Waals surface area (Å²) >= 11 is 11.9. The highest BCUT2D eigenvalue weighted by atomic mass is 35.5. The van der Waals surface area contributed by atoms with Crippen LogP contribution in [-0.2, 0) is 4.74 Å². The topological polar surface area (TPSA) is 38.5 Å². The normalized spacial score (nSPS) is 21.7. The van der Waals surface area contributed by atoms with Gasteiger partial charge in [0.2, 0.25) is 0 Å². The van der Waals surface area contributed by atoms with Crippen molar-refractivity contribution in [2.45, 2.75) is 6.10 Å². The molecule has 5 heteroatoms. The maximum absolute atomic E-state index is 6.01. The zero-order valence-electron chi connectivity index (χ0n) is 9.53. The molecule has 0 aromatic heterocycles. The highest BCUT2D eigenvalue weighted by Crippen LogP contribution is 2.28. The fourth-order valence-corrected chi connectivity index (χ4v) is 2.31. The molecule has 0 bridgehead atoms. The van der Waals surface area contributed by atoms with Crippen LogP contribution in [0.15, 0.2) is 18.2 Å². The third-order valence-corrected chi connectivity index (χ3v) is 3.65. The average molecular weight is 275 g/mol. The summed E-state index contributed by atoms with van der Waals surface area (Å²) in [6.45, 7) is 4.10. The van der Waals surface area contributed by atoms with E-state index >= 15 is 0 Å². The highest BCUT2D eigenvalue weighted by molar-refractivity contribution is 6.42. The molecule has 0 aliphatic carbocycles. The molecule has 1 unspecified atom stereocenters. The van der Waals surface area contributed by atoms with E-state index in [1.54, 1.807) is 0 Å². The lowest BCUT2D eigenvalue weighted by molar-refractivity contribution is -0.0288. The molecule has 2 rings (SSSR count). The molecule has 1 heterocycles. The molecule has 2 N–H and O–H groups in total. The number of morpholine rings is 1. The van der Waals surface area contributed by atoms with E-state index in [4.69, 9.17) is 33.7 Å². The summed E-state index contributed by atoms with van der Waals surface area (Å²) in [4.78, 5) is 2.30. The molecule has 1 atom stereocenters. The minimum Gasteiger partial charge on any atom is -0.371 e. The van der Waals surface area contributed by atoms with Crippen molar-refractivity contribution in [3.05, 3.63) is 33.8 Å². The number of benzene rings is 1. The van der Waals surface area contributed by atoms with Gasteiger partial charge < -0.3 is 10.5 Å². The number of halogens is 2. The first-order chi connectivity index (χ1) is 8.20. The Hall–Kier alpha value is -0.320. The van der Waals surface area contributed by atoms with Gasteiger partial charge in [0.25, 0.3) is 0 Å². The van der Waals surface area contributed by atoms with E-state index in [1.165, 1.54) is 0 Å². The lowest BCUT2D eigenvalue weighted by Crippen LogP contribution is -2.40. The number of nitrogens with zero attached hydrogens (tertiary/aromatic N) is 1. The Balaban J connectivity index is 2.08. The molecule has 0 radical (unpaired) electrons. The van der Waals surface area contributed by atoms with Crippen LogP contribution in [0, 0.1) is 0 Å². The molecule has 3 nitrogen and oxygen atoms in total. The van der Waals surface area contributed by atoms with E-state index in [2.05, 4.69) is 4.90 Å². The second-order valence-electron chi connectivity index (χ2n) is 4.12. The van der Waals surface area contributed by atoms with Crippen molar-refractivity contribution in [2.75, 3.05) is 32.8 Å². The van der Waals surface area contributed by atoms with Gasteiger partial charge in [0, 0.05) is 26.2 Å². The molecular formula is C12H16Cl2N2O. The van der Waals surface area contributed by atoms with Gasteiger partial charge in [-0.2, -0.15) is 0 Å². The number of nitrogens with two attached hydrogens (primary N) is 1. The van der Waals surface area contributed by atoms with E-state index in [0.717, 1.165) is 31.8 Å². The van der Waals surface area contributed by atoms with Gasteiger partial charge in [-0.25, -0.2) is 0 Å². The van der Waals surface area contributed by atoms with Crippen LogP contribution < -0.4 is 5.73 Å². The van der Waals surface area contributed by atoms with Crippen molar-refractivity contribution in [2.24, 2.45) is 5.73 Å². The highest BCUT2D eigenvalue weighted by Gasteiger charge is 2.21. The summed E-state index contributed by atoms with van der Waals surface area (Å²) in [5.41, 5.74) is 6.64. The summed E-state index contributed by atoms with van der Waals surface area (Å²) in [7, 11) is 0. The van der Waals surface area contributed by atoms with Crippen LogP contribution in [0.2, 0.25) is 10.0 Å². The van der Waals surface area contributed by atoms with Crippen LogP contribution in [-0.4, -0.2) is 37.7 Å². The molecule has 1 aliphatic heterocycles. The van der Waals surface area contributed by atoms with Gasteiger partial charge in [0.15, 0.2) is 0 Å². The van der Waals surface area contributed by atoms with Crippen LogP contribution in [0.4, 0.5) is 0 Å². The van der Waals surface area contributed by atoms with Gasteiger partial charge in [-0.15, -0.1) is 0 Å². The summed E-state index contributed by atoms with van der Waals surface area (Å²) in [6, 6.07) is 5.65. The van der Waals surface area contributed by atoms with Gasteiger partial charge in [-0.05, 0) is 17.7 Å². The van der Waals surface area contributed by atoms with Crippen molar-refractivity contribution >= 4 is 23.2 Å². The minimum absolute atomic E-state index is 0.0602. The summed E-state index contributed by atoms with van der Waals surface area (Å²) in [5.74, 6) is 0. The lowest BCUT2D eigenvalue weighted by Gasteiger charge is -2.32. The van der Waals surface area contributed by atoms with Crippen molar-refractivity contribution in [3.8, 4) is 0 Å². The molecule has 0 amide bonds. The zero-order chi connectivity index (χ0) is 12.3. The summed E-state index contributed by atoms with van der Waals surface area (Å²) < 4.78 is 5.75. The fraction of sp³-hybridized carbons (Fsp3) is 0.500. The predicted octanol–water partition coefficient (Wildman–Crippen LogP) is 2.33. The van der Waals surface area contributed by atoms with Crippen LogP contribution in [0.5, 0.6) is 0 Å². The zero-order valence-corrected chi connectivity index (χ0v) is 11.0. The van der Waals surface area contributed by atoms with E-state index in [9.17, 15) is 0 Å². The first-order valence-electron chi connectivity index (χ1n) is 5.69. The molecule has 1 aliphatic rings. The average Bonchev–Trinajstić information content (AvgIpc) is 2.33. The Bertz CT molecular complexity index is 385. The van der Waals surface area contributed by atoms with Crippen LogP contribution >= 0.6 is 23.2 Å². The molecule has 0 spiro atoms. The lowest BCUT2D eigenvalue weighted by atomic mass is 10.1. The van der Waals surface area contributed by atoms with Crippen LogP contribution in [0.1, 0.15) is 11.7 Å². The van der Waals surface area contributed by atoms with Gasteiger partial charge >= 0.3 is 0 Å². The number of hydrogen-bond acceptors (Lipinski definition) is 3. The fourth-order valence-electron chi connectivity index (χ4n) is 2.00. The van der Waals surface area contributed by atoms with Crippen molar-refractivity contribution < 1.29 is 4.74 Å². The van der Waals surface area contributed by atoms with E-state index < -0.39 is 0 Å². The maximum Gasteiger partial charge on any atom is 0.0952 e. The monoisotopic (exact) mass is 274 g/mol. The molecular weight excluding hydrogens is 259 g/mol. The Morgan fingerprint density at radius 2 is 2.18 bits per heavy atom.